The van der Waals surface area contributed by atoms with E-state index in [4.69, 9.17) is 4.74 Å². The molecule has 3 nitrogen and oxygen atoms in total. The second-order valence-electron chi connectivity index (χ2n) is 5.62. The van der Waals surface area contributed by atoms with Gasteiger partial charge in [0.25, 0.3) is 0 Å². The number of hydrogen-bond donors (Lipinski definition) is 1. The lowest BCUT2D eigenvalue weighted by molar-refractivity contribution is -0.0187. The Bertz CT molecular complexity index is 409. The molecule has 2 saturated heterocycles. The average molecular weight is 246 g/mol. The summed E-state index contributed by atoms with van der Waals surface area (Å²) >= 11 is 0. The fourth-order valence-corrected chi connectivity index (χ4v) is 3.35. The smallest absolute Gasteiger partial charge is 0.118 e. The average Bonchev–Trinajstić information content (AvgIpc) is 2.90. The first-order valence-electron chi connectivity index (χ1n) is 6.85. The zero-order valence-electron chi connectivity index (χ0n) is 11.3. The summed E-state index contributed by atoms with van der Waals surface area (Å²) in [6, 6.07) is 9.08. The minimum absolute atomic E-state index is 0.423. The van der Waals surface area contributed by atoms with Gasteiger partial charge in [-0.25, -0.2) is 0 Å². The summed E-state index contributed by atoms with van der Waals surface area (Å²) in [5.74, 6) is 0.935. The summed E-state index contributed by atoms with van der Waals surface area (Å²) in [6.07, 6.45) is 2.67. The van der Waals surface area contributed by atoms with Gasteiger partial charge in [0.15, 0.2) is 0 Å². The molecule has 1 N–H and O–H groups in total. The van der Waals surface area contributed by atoms with Gasteiger partial charge < -0.3 is 10.1 Å². The van der Waals surface area contributed by atoms with E-state index in [2.05, 4.69) is 29.3 Å². The lowest BCUT2D eigenvalue weighted by atomic mass is 9.79. The van der Waals surface area contributed by atoms with E-state index in [1.807, 2.05) is 12.1 Å². The molecule has 0 bridgehead atoms. The molecule has 18 heavy (non-hydrogen) atoms. The highest BCUT2D eigenvalue weighted by atomic mass is 16.5. The van der Waals surface area contributed by atoms with Crippen LogP contribution in [0.1, 0.15) is 25.3 Å². The predicted molar refractivity (Wildman–Crippen MR) is 72.8 cm³/mol. The Balaban J connectivity index is 1.61. The Morgan fingerprint density at radius 2 is 2.17 bits per heavy atom. The van der Waals surface area contributed by atoms with E-state index < -0.39 is 0 Å². The van der Waals surface area contributed by atoms with Crippen LogP contribution in [0.5, 0.6) is 5.75 Å². The molecule has 0 aliphatic carbocycles. The summed E-state index contributed by atoms with van der Waals surface area (Å²) in [5, 5.41) is 3.69. The van der Waals surface area contributed by atoms with Crippen LogP contribution in [0.4, 0.5) is 0 Å². The van der Waals surface area contributed by atoms with Crippen molar-refractivity contribution in [2.45, 2.75) is 37.9 Å². The number of nitrogens with one attached hydrogen (secondary N) is 1. The Kier molecular flexibility index (Phi) is 3.04. The van der Waals surface area contributed by atoms with Crippen molar-refractivity contribution in [2.24, 2.45) is 0 Å². The first-order valence-corrected chi connectivity index (χ1v) is 6.85. The van der Waals surface area contributed by atoms with Crippen LogP contribution in [0.3, 0.4) is 0 Å². The highest BCUT2D eigenvalue weighted by molar-refractivity contribution is 5.27. The summed E-state index contributed by atoms with van der Waals surface area (Å²) in [5.41, 5.74) is 1.79. The van der Waals surface area contributed by atoms with Crippen LogP contribution in [-0.2, 0) is 6.54 Å². The number of rotatable bonds is 3. The molecule has 98 valence electrons. The molecule has 2 atom stereocenters. The number of hydrogen-bond acceptors (Lipinski definition) is 3. The van der Waals surface area contributed by atoms with Crippen LogP contribution >= 0.6 is 0 Å². The quantitative estimate of drug-likeness (QED) is 0.883. The maximum absolute atomic E-state index is 5.19. The van der Waals surface area contributed by atoms with Gasteiger partial charge in [0.1, 0.15) is 5.75 Å². The van der Waals surface area contributed by atoms with Crippen LogP contribution < -0.4 is 10.1 Å². The van der Waals surface area contributed by atoms with E-state index in [9.17, 15) is 0 Å². The molecule has 0 radical (unpaired) electrons. The third kappa shape index (κ3) is 1.91. The first-order chi connectivity index (χ1) is 8.73. The Morgan fingerprint density at radius 1 is 1.39 bits per heavy atom. The van der Waals surface area contributed by atoms with Gasteiger partial charge in [-0.1, -0.05) is 12.1 Å². The van der Waals surface area contributed by atoms with Crippen molar-refractivity contribution in [1.29, 1.82) is 0 Å². The Hall–Kier alpha value is -1.06. The summed E-state index contributed by atoms with van der Waals surface area (Å²) in [6.45, 7) is 5.79. The fraction of sp³-hybridized carbons (Fsp3) is 0.600. The van der Waals surface area contributed by atoms with Gasteiger partial charge in [-0.2, -0.15) is 0 Å². The summed E-state index contributed by atoms with van der Waals surface area (Å²) < 4.78 is 5.19. The highest BCUT2D eigenvalue weighted by Gasteiger charge is 2.50. The zero-order valence-corrected chi connectivity index (χ0v) is 11.3. The molecule has 2 aliphatic rings. The molecule has 0 aromatic heterocycles. The zero-order chi connectivity index (χ0) is 12.6. The fourth-order valence-electron chi connectivity index (χ4n) is 3.35. The van der Waals surface area contributed by atoms with E-state index in [1.54, 1.807) is 7.11 Å². The van der Waals surface area contributed by atoms with Gasteiger partial charge in [0.05, 0.1) is 7.11 Å². The van der Waals surface area contributed by atoms with Gasteiger partial charge in [0.2, 0.25) is 0 Å². The topological polar surface area (TPSA) is 24.5 Å². The standard InChI is InChI=1S/C15H22N2O/c1-12-15(8-3-9-16-15)11-17(12)10-13-4-6-14(18-2)7-5-13/h4-7,12,16H,3,8-11H2,1-2H3. The monoisotopic (exact) mass is 246 g/mol. The minimum Gasteiger partial charge on any atom is -0.497 e. The van der Waals surface area contributed by atoms with Crippen LogP contribution in [0, 0.1) is 0 Å². The maximum Gasteiger partial charge on any atom is 0.118 e. The van der Waals surface area contributed by atoms with E-state index >= 15 is 0 Å². The molecule has 0 amide bonds. The molecule has 2 fully saturated rings. The molecular formula is C15H22N2O. The number of methoxy groups -OCH3 is 1. The van der Waals surface area contributed by atoms with Crippen molar-refractivity contribution in [3.8, 4) is 5.75 Å². The predicted octanol–water partition coefficient (Wildman–Crippen LogP) is 2.02. The largest absolute Gasteiger partial charge is 0.497 e. The summed E-state index contributed by atoms with van der Waals surface area (Å²) in [4.78, 5) is 2.56. The normalized spacial score (nSPS) is 31.6. The molecule has 2 aliphatic heterocycles. The van der Waals surface area contributed by atoms with E-state index in [1.165, 1.54) is 31.5 Å². The van der Waals surface area contributed by atoms with E-state index in [-0.39, 0.29) is 0 Å². The molecule has 2 unspecified atom stereocenters. The molecule has 0 saturated carbocycles. The van der Waals surface area contributed by atoms with Gasteiger partial charge >= 0.3 is 0 Å². The second-order valence-corrected chi connectivity index (χ2v) is 5.62. The number of benzene rings is 1. The Morgan fingerprint density at radius 3 is 2.72 bits per heavy atom. The van der Waals surface area contributed by atoms with Crippen molar-refractivity contribution >= 4 is 0 Å². The van der Waals surface area contributed by atoms with Crippen LogP contribution in [0.15, 0.2) is 24.3 Å². The lowest BCUT2D eigenvalue weighted by Gasteiger charge is -2.55. The third-order valence-electron chi connectivity index (χ3n) is 4.65. The second kappa shape index (κ2) is 4.56. The molecule has 3 heteroatoms. The SMILES string of the molecule is COc1ccc(CN2CC3(CCCN3)C2C)cc1. The molecule has 1 aromatic carbocycles. The van der Waals surface area contributed by atoms with E-state index in [0.29, 0.717) is 11.6 Å². The van der Waals surface area contributed by atoms with Gasteiger partial charge in [-0.05, 0) is 44.0 Å². The van der Waals surface area contributed by atoms with Gasteiger partial charge in [-0.15, -0.1) is 0 Å². The van der Waals surface area contributed by atoms with Crippen molar-refractivity contribution in [2.75, 3.05) is 20.2 Å². The van der Waals surface area contributed by atoms with Crippen LogP contribution in [0.25, 0.3) is 0 Å². The van der Waals surface area contributed by atoms with Crippen LogP contribution in [-0.4, -0.2) is 36.7 Å². The molecule has 1 spiro atoms. The molecular weight excluding hydrogens is 224 g/mol. The molecule has 1 aromatic rings. The van der Waals surface area contributed by atoms with E-state index in [0.717, 1.165) is 12.3 Å². The van der Waals surface area contributed by atoms with Crippen molar-refractivity contribution in [3.63, 3.8) is 0 Å². The van der Waals surface area contributed by atoms with Gasteiger partial charge in [-0.3, -0.25) is 4.90 Å². The highest BCUT2D eigenvalue weighted by Crippen LogP contribution is 2.37. The first kappa shape index (κ1) is 12.0. The molecule has 2 heterocycles. The number of ether oxygens (including phenoxy) is 1. The van der Waals surface area contributed by atoms with Crippen molar-refractivity contribution < 1.29 is 4.74 Å². The van der Waals surface area contributed by atoms with Crippen molar-refractivity contribution in [3.05, 3.63) is 29.8 Å². The van der Waals surface area contributed by atoms with Crippen molar-refractivity contribution in [1.82, 2.24) is 10.2 Å². The maximum atomic E-state index is 5.19. The van der Waals surface area contributed by atoms with Crippen LogP contribution in [0.2, 0.25) is 0 Å². The van der Waals surface area contributed by atoms with Gasteiger partial charge in [0, 0.05) is 24.7 Å². The third-order valence-corrected chi connectivity index (χ3v) is 4.65. The molecule has 3 rings (SSSR count). The summed E-state index contributed by atoms with van der Waals surface area (Å²) in [7, 11) is 1.71. The number of likely N-dealkylation sites (tertiary alicyclic amines) is 1. The number of nitrogens with zero attached hydrogens (tertiary/aromatic N) is 1. The minimum atomic E-state index is 0.423. The Labute approximate surface area is 109 Å². The lowest BCUT2D eigenvalue weighted by Crippen LogP contribution is -2.72.